The van der Waals surface area contributed by atoms with Crippen molar-refractivity contribution in [1.82, 2.24) is 9.62 Å². The molecule has 150 valence electrons. The van der Waals surface area contributed by atoms with Gasteiger partial charge in [0, 0.05) is 30.1 Å². The number of rotatable bonds is 6. The van der Waals surface area contributed by atoms with E-state index in [9.17, 15) is 13.2 Å². The zero-order valence-corrected chi connectivity index (χ0v) is 17.3. The van der Waals surface area contributed by atoms with Crippen LogP contribution in [0.5, 0.6) is 0 Å². The number of nitrogens with one attached hydrogen (secondary N) is 1. The number of likely N-dealkylation sites (N-methyl/N-ethyl adjacent to an activating group) is 1. The van der Waals surface area contributed by atoms with Crippen LogP contribution in [0.3, 0.4) is 0 Å². The van der Waals surface area contributed by atoms with Crippen LogP contribution in [0.25, 0.3) is 11.0 Å². The first-order valence-electron chi connectivity index (χ1n) is 8.76. The highest BCUT2D eigenvalue weighted by molar-refractivity contribution is 7.89. The van der Waals surface area contributed by atoms with E-state index in [1.165, 1.54) is 6.07 Å². The van der Waals surface area contributed by atoms with Gasteiger partial charge in [-0.3, -0.25) is 0 Å². The van der Waals surface area contributed by atoms with Gasteiger partial charge in [0.25, 0.3) is 0 Å². The number of fused-ring (bicyclic) bond motifs is 1. The highest BCUT2D eigenvalue weighted by Gasteiger charge is 2.35. The third-order valence-electron chi connectivity index (χ3n) is 4.74. The van der Waals surface area contributed by atoms with E-state index in [0.717, 1.165) is 12.8 Å². The number of esters is 1. The van der Waals surface area contributed by atoms with Gasteiger partial charge in [-0.15, -0.1) is 12.4 Å². The summed E-state index contributed by atoms with van der Waals surface area (Å²) in [5, 5.41) is 3.67. The van der Waals surface area contributed by atoms with Crippen molar-refractivity contribution in [1.29, 1.82) is 0 Å². The second kappa shape index (κ2) is 8.60. The largest absolute Gasteiger partial charge is 0.460 e. The van der Waals surface area contributed by atoms with Gasteiger partial charge in [0.05, 0.1) is 11.5 Å². The number of sulfonamides is 1. The SMILES string of the molecule is CCOC(=O)c1oc2ccc(S(=O)(=O)N3CCCC3CNC)cc2c1C.Cl. The van der Waals surface area contributed by atoms with Crippen molar-refractivity contribution in [3.05, 3.63) is 29.5 Å². The second-order valence-corrected chi connectivity index (χ2v) is 8.29. The molecular weight excluding hydrogens is 392 g/mol. The number of furan rings is 1. The van der Waals surface area contributed by atoms with E-state index in [0.29, 0.717) is 29.6 Å². The van der Waals surface area contributed by atoms with Crippen LogP contribution in [-0.2, 0) is 14.8 Å². The maximum atomic E-state index is 13.1. The maximum Gasteiger partial charge on any atom is 0.374 e. The number of hydrogen-bond donors (Lipinski definition) is 1. The number of aryl methyl sites for hydroxylation is 1. The fourth-order valence-corrected chi connectivity index (χ4v) is 5.17. The zero-order chi connectivity index (χ0) is 18.9. The lowest BCUT2D eigenvalue weighted by molar-refractivity contribution is 0.0491. The van der Waals surface area contributed by atoms with Gasteiger partial charge >= 0.3 is 5.97 Å². The van der Waals surface area contributed by atoms with Crippen molar-refractivity contribution >= 4 is 39.4 Å². The molecule has 1 atom stereocenters. The number of halogens is 1. The third-order valence-corrected chi connectivity index (χ3v) is 6.69. The molecule has 1 aromatic heterocycles. The van der Waals surface area contributed by atoms with Crippen LogP contribution in [0, 0.1) is 6.92 Å². The van der Waals surface area contributed by atoms with Crippen molar-refractivity contribution in [2.75, 3.05) is 26.7 Å². The number of hydrogen-bond acceptors (Lipinski definition) is 6. The molecule has 2 aromatic rings. The molecule has 9 heteroatoms. The Balaban J connectivity index is 0.00000261. The summed E-state index contributed by atoms with van der Waals surface area (Å²) in [6, 6.07) is 4.67. The molecule has 0 saturated carbocycles. The van der Waals surface area contributed by atoms with E-state index in [-0.39, 0.29) is 35.7 Å². The van der Waals surface area contributed by atoms with Gasteiger partial charge in [-0.25, -0.2) is 13.2 Å². The monoisotopic (exact) mass is 416 g/mol. The molecule has 1 N–H and O–H groups in total. The number of carbonyl (C=O) groups is 1. The molecule has 0 bridgehead atoms. The molecule has 1 aromatic carbocycles. The maximum absolute atomic E-state index is 13.1. The Morgan fingerprint density at radius 3 is 2.81 bits per heavy atom. The highest BCUT2D eigenvalue weighted by atomic mass is 35.5. The smallest absolute Gasteiger partial charge is 0.374 e. The first-order chi connectivity index (χ1) is 12.4. The molecule has 3 rings (SSSR count). The van der Waals surface area contributed by atoms with Crippen LogP contribution in [0.1, 0.15) is 35.9 Å². The van der Waals surface area contributed by atoms with Crippen LogP contribution in [0.15, 0.2) is 27.5 Å². The van der Waals surface area contributed by atoms with Crippen molar-refractivity contribution in [3.63, 3.8) is 0 Å². The Hall–Kier alpha value is -1.61. The molecule has 1 unspecified atom stereocenters. The number of benzene rings is 1. The van der Waals surface area contributed by atoms with Crippen LogP contribution in [0.4, 0.5) is 0 Å². The molecule has 0 radical (unpaired) electrons. The minimum Gasteiger partial charge on any atom is -0.460 e. The number of ether oxygens (including phenoxy) is 1. The summed E-state index contributed by atoms with van der Waals surface area (Å²) in [6.07, 6.45) is 1.70. The predicted molar refractivity (Wildman–Crippen MR) is 105 cm³/mol. The molecule has 7 nitrogen and oxygen atoms in total. The summed E-state index contributed by atoms with van der Waals surface area (Å²) >= 11 is 0. The topological polar surface area (TPSA) is 88.8 Å². The summed E-state index contributed by atoms with van der Waals surface area (Å²) in [4.78, 5) is 12.2. The lowest BCUT2D eigenvalue weighted by Gasteiger charge is -2.23. The van der Waals surface area contributed by atoms with E-state index >= 15 is 0 Å². The average Bonchev–Trinajstić information content (AvgIpc) is 3.20. The van der Waals surface area contributed by atoms with E-state index < -0.39 is 16.0 Å². The third kappa shape index (κ3) is 3.99. The molecule has 0 amide bonds. The minimum atomic E-state index is -3.60. The van der Waals surface area contributed by atoms with Gasteiger partial charge < -0.3 is 14.5 Å². The predicted octanol–water partition coefficient (Wildman–Crippen LogP) is 2.71. The lowest BCUT2D eigenvalue weighted by atomic mass is 10.1. The molecule has 1 saturated heterocycles. The summed E-state index contributed by atoms with van der Waals surface area (Å²) in [7, 11) is -1.78. The molecule has 1 aliphatic rings. The van der Waals surface area contributed by atoms with E-state index in [4.69, 9.17) is 9.15 Å². The van der Waals surface area contributed by atoms with Crippen molar-refractivity contribution in [3.8, 4) is 0 Å². The van der Waals surface area contributed by atoms with E-state index in [2.05, 4.69) is 5.32 Å². The summed E-state index contributed by atoms with van der Waals surface area (Å²) in [5.74, 6) is -0.426. The molecule has 1 aliphatic heterocycles. The molecular formula is C18H25ClN2O5S. The first-order valence-corrected chi connectivity index (χ1v) is 10.2. The Bertz CT molecular complexity index is 925. The Morgan fingerprint density at radius 1 is 1.41 bits per heavy atom. The Labute approximate surface area is 165 Å². The molecule has 1 fully saturated rings. The van der Waals surface area contributed by atoms with Gasteiger partial charge in [-0.05, 0) is 51.9 Å². The molecule has 0 aliphatic carbocycles. The molecule has 27 heavy (non-hydrogen) atoms. The quantitative estimate of drug-likeness (QED) is 0.728. The van der Waals surface area contributed by atoms with Crippen LogP contribution in [0.2, 0.25) is 0 Å². The van der Waals surface area contributed by atoms with Crippen LogP contribution in [-0.4, -0.2) is 51.5 Å². The summed E-state index contributed by atoms with van der Waals surface area (Å²) in [6.45, 7) is 4.84. The van der Waals surface area contributed by atoms with Crippen molar-refractivity contribution in [2.24, 2.45) is 0 Å². The first kappa shape index (κ1) is 21.7. The van der Waals surface area contributed by atoms with Crippen LogP contribution >= 0.6 is 12.4 Å². The van der Waals surface area contributed by atoms with Crippen LogP contribution < -0.4 is 5.32 Å². The van der Waals surface area contributed by atoms with E-state index in [1.54, 1.807) is 30.3 Å². The Kier molecular flexibility index (Phi) is 6.91. The van der Waals surface area contributed by atoms with Gasteiger partial charge in [0.2, 0.25) is 15.8 Å². The minimum absolute atomic E-state index is 0. The fourth-order valence-electron chi connectivity index (χ4n) is 3.45. The lowest BCUT2D eigenvalue weighted by Crippen LogP contribution is -2.40. The molecule has 2 heterocycles. The van der Waals surface area contributed by atoms with Crippen molar-refractivity contribution < 1.29 is 22.4 Å². The standard InChI is InChI=1S/C18H24N2O5S.ClH/c1-4-24-18(21)17-12(2)15-10-14(7-8-16(15)25-17)26(22,23)20-9-5-6-13(20)11-19-3;/h7-8,10,13,19H,4-6,9,11H2,1-3H3;1H. The second-order valence-electron chi connectivity index (χ2n) is 6.40. The molecule has 0 spiro atoms. The van der Waals surface area contributed by atoms with Gasteiger partial charge in [-0.1, -0.05) is 0 Å². The van der Waals surface area contributed by atoms with Gasteiger partial charge in [0.1, 0.15) is 5.58 Å². The Morgan fingerprint density at radius 2 is 2.15 bits per heavy atom. The van der Waals surface area contributed by atoms with E-state index in [1.807, 2.05) is 7.05 Å². The fraction of sp³-hybridized carbons (Fsp3) is 0.500. The average molecular weight is 417 g/mol. The zero-order valence-electron chi connectivity index (χ0n) is 15.6. The normalized spacial score (nSPS) is 17.8. The highest BCUT2D eigenvalue weighted by Crippen LogP contribution is 2.31. The number of carbonyl (C=O) groups excluding carboxylic acids is 1. The summed E-state index contributed by atoms with van der Waals surface area (Å²) in [5.41, 5.74) is 1.06. The number of nitrogens with zero attached hydrogens (tertiary/aromatic N) is 1. The van der Waals surface area contributed by atoms with Gasteiger partial charge in [0.15, 0.2) is 0 Å². The van der Waals surface area contributed by atoms with Gasteiger partial charge in [-0.2, -0.15) is 4.31 Å². The summed E-state index contributed by atoms with van der Waals surface area (Å²) < 4.78 is 38.3. The van der Waals surface area contributed by atoms with Crippen molar-refractivity contribution in [2.45, 2.75) is 37.6 Å².